The number of benzene rings is 2. The van der Waals surface area contributed by atoms with Crippen molar-refractivity contribution in [1.29, 1.82) is 0 Å². The van der Waals surface area contributed by atoms with Crippen LogP contribution in [0.3, 0.4) is 0 Å². The Balaban J connectivity index is 2.09. The predicted octanol–water partition coefficient (Wildman–Crippen LogP) is 4.07. The Morgan fingerprint density at radius 3 is 2.75 bits per heavy atom. The van der Waals surface area contributed by atoms with Gasteiger partial charge in [0.1, 0.15) is 5.52 Å². The van der Waals surface area contributed by atoms with E-state index < -0.39 is 0 Å². The molecule has 4 aromatic rings. The molecule has 0 amide bonds. The van der Waals surface area contributed by atoms with Gasteiger partial charge in [0, 0.05) is 15.6 Å². The first-order chi connectivity index (χ1) is 9.83. The van der Waals surface area contributed by atoms with Crippen LogP contribution in [0.4, 0.5) is 0 Å². The van der Waals surface area contributed by atoms with E-state index in [1.54, 1.807) is 17.4 Å². The number of nitrogens with zero attached hydrogens (tertiary/aromatic N) is 1. The minimum absolute atomic E-state index is 0.0278. The lowest BCUT2D eigenvalue weighted by Crippen LogP contribution is -1.99. The molecular formula is C16H9NO2S. The molecule has 0 aliphatic carbocycles. The fraction of sp³-hybridized carbons (Fsp3) is 0. The quantitative estimate of drug-likeness (QED) is 0.527. The molecule has 0 spiro atoms. The molecule has 0 unspecified atom stereocenters. The van der Waals surface area contributed by atoms with Gasteiger partial charge in [-0.25, -0.2) is 4.98 Å². The Kier molecular flexibility index (Phi) is 2.44. The summed E-state index contributed by atoms with van der Waals surface area (Å²) in [6.07, 6.45) is 1.37. The molecule has 2 aromatic carbocycles. The second kappa shape index (κ2) is 4.28. The highest BCUT2D eigenvalue weighted by Gasteiger charge is 2.11. The summed E-state index contributed by atoms with van der Waals surface area (Å²) in [5.74, 6) is 0. The zero-order valence-electron chi connectivity index (χ0n) is 10.4. The molecule has 96 valence electrons. The summed E-state index contributed by atoms with van der Waals surface area (Å²) in [4.78, 5) is 17.5. The molecule has 0 saturated heterocycles. The van der Waals surface area contributed by atoms with E-state index in [1.807, 2.05) is 42.5 Å². The van der Waals surface area contributed by atoms with Crippen LogP contribution in [0, 0.1) is 0 Å². The third-order valence-corrected chi connectivity index (χ3v) is 4.38. The maximum atomic E-state index is 12.4. The van der Waals surface area contributed by atoms with Crippen LogP contribution in [0.5, 0.6) is 0 Å². The first-order valence-corrected chi connectivity index (χ1v) is 7.00. The molecule has 0 fully saturated rings. The minimum Gasteiger partial charge on any atom is -0.443 e. The Labute approximate surface area is 118 Å². The number of hydrogen-bond donors (Lipinski definition) is 0. The maximum Gasteiger partial charge on any atom is 0.192 e. The van der Waals surface area contributed by atoms with Crippen molar-refractivity contribution < 1.29 is 4.42 Å². The lowest BCUT2D eigenvalue weighted by Gasteiger charge is -2.02. The zero-order chi connectivity index (χ0) is 13.5. The van der Waals surface area contributed by atoms with Crippen molar-refractivity contribution in [3.63, 3.8) is 0 Å². The van der Waals surface area contributed by atoms with Crippen LogP contribution in [0.25, 0.3) is 31.6 Å². The molecule has 2 aromatic heterocycles. The molecule has 0 bridgehead atoms. The summed E-state index contributed by atoms with van der Waals surface area (Å²) in [5.41, 5.74) is 2.31. The van der Waals surface area contributed by atoms with E-state index >= 15 is 0 Å². The SMILES string of the molecule is O=c1cc(-c2ccccc2)sc2ccc3ncoc3c12. The molecule has 20 heavy (non-hydrogen) atoms. The molecule has 0 radical (unpaired) electrons. The molecule has 0 saturated carbocycles. The van der Waals surface area contributed by atoms with E-state index in [4.69, 9.17) is 4.42 Å². The van der Waals surface area contributed by atoms with Crippen molar-refractivity contribution in [2.24, 2.45) is 0 Å². The van der Waals surface area contributed by atoms with E-state index in [0.29, 0.717) is 16.5 Å². The second-order valence-corrected chi connectivity index (χ2v) is 5.56. The average Bonchev–Trinajstić information content (AvgIpc) is 2.96. The van der Waals surface area contributed by atoms with Gasteiger partial charge in [-0.1, -0.05) is 30.3 Å². The highest BCUT2D eigenvalue weighted by atomic mass is 32.1. The minimum atomic E-state index is -0.0278. The summed E-state index contributed by atoms with van der Waals surface area (Å²) >= 11 is 1.58. The average molecular weight is 279 g/mol. The topological polar surface area (TPSA) is 43.1 Å². The van der Waals surface area contributed by atoms with Crippen molar-refractivity contribution in [2.45, 2.75) is 0 Å². The van der Waals surface area contributed by atoms with E-state index in [9.17, 15) is 4.79 Å². The van der Waals surface area contributed by atoms with Gasteiger partial charge in [-0.2, -0.15) is 0 Å². The molecule has 0 N–H and O–H groups in total. The largest absolute Gasteiger partial charge is 0.443 e. The first kappa shape index (κ1) is 11.4. The summed E-state index contributed by atoms with van der Waals surface area (Å²) in [6.45, 7) is 0. The van der Waals surface area contributed by atoms with Gasteiger partial charge < -0.3 is 4.42 Å². The maximum absolute atomic E-state index is 12.4. The summed E-state index contributed by atoms with van der Waals surface area (Å²) in [5, 5.41) is 0.615. The third kappa shape index (κ3) is 1.66. The molecule has 4 heteroatoms. The molecule has 0 aliphatic heterocycles. The van der Waals surface area contributed by atoms with Crippen molar-refractivity contribution in [3.8, 4) is 10.4 Å². The zero-order valence-corrected chi connectivity index (χ0v) is 11.2. The number of rotatable bonds is 1. The fourth-order valence-electron chi connectivity index (χ4n) is 2.31. The van der Waals surface area contributed by atoms with Gasteiger partial charge in [0.2, 0.25) is 0 Å². The Morgan fingerprint density at radius 1 is 1.05 bits per heavy atom. The van der Waals surface area contributed by atoms with Crippen LogP contribution >= 0.6 is 11.3 Å². The van der Waals surface area contributed by atoms with Crippen molar-refractivity contribution in [3.05, 3.63) is 65.1 Å². The van der Waals surface area contributed by atoms with Crippen LogP contribution in [-0.2, 0) is 0 Å². The van der Waals surface area contributed by atoms with Crippen LogP contribution < -0.4 is 5.43 Å². The first-order valence-electron chi connectivity index (χ1n) is 6.18. The lowest BCUT2D eigenvalue weighted by atomic mass is 10.1. The smallest absolute Gasteiger partial charge is 0.192 e. The molecule has 3 nitrogen and oxygen atoms in total. The van der Waals surface area contributed by atoms with E-state index in [1.165, 1.54) is 6.39 Å². The fourth-order valence-corrected chi connectivity index (χ4v) is 3.40. The van der Waals surface area contributed by atoms with E-state index in [0.717, 1.165) is 15.1 Å². The Hall–Kier alpha value is -2.46. The molecule has 2 heterocycles. The number of aromatic nitrogens is 1. The third-order valence-electron chi connectivity index (χ3n) is 3.25. The summed E-state index contributed by atoms with van der Waals surface area (Å²) in [7, 11) is 0. The Morgan fingerprint density at radius 2 is 1.90 bits per heavy atom. The van der Waals surface area contributed by atoms with Gasteiger partial charge in [-0.15, -0.1) is 11.3 Å². The van der Waals surface area contributed by atoms with E-state index in [-0.39, 0.29) is 5.43 Å². The van der Waals surface area contributed by atoms with Gasteiger partial charge >= 0.3 is 0 Å². The second-order valence-electron chi connectivity index (χ2n) is 4.48. The number of fused-ring (bicyclic) bond motifs is 3. The highest BCUT2D eigenvalue weighted by molar-refractivity contribution is 7.21. The van der Waals surface area contributed by atoms with Gasteiger partial charge in [0.05, 0.1) is 5.39 Å². The monoisotopic (exact) mass is 279 g/mol. The standard InChI is InChI=1S/C16H9NO2S/c18-12-8-14(10-4-2-1-3-5-10)20-13-7-6-11-16(15(12)13)19-9-17-11/h1-9H. The molecular weight excluding hydrogens is 270 g/mol. The van der Waals surface area contributed by atoms with Crippen molar-refractivity contribution >= 4 is 32.5 Å². The van der Waals surface area contributed by atoms with Crippen LogP contribution in [-0.4, -0.2) is 4.98 Å². The molecule has 0 atom stereocenters. The highest BCUT2D eigenvalue weighted by Crippen LogP contribution is 2.31. The van der Waals surface area contributed by atoms with Gasteiger partial charge in [0.25, 0.3) is 0 Å². The Bertz CT molecular complexity index is 970. The number of oxazole rings is 1. The van der Waals surface area contributed by atoms with Crippen LogP contribution in [0.2, 0.25) is 0 Å². The number of hydrogen-bond acceptors (Lipinski definition) is 4. The van der Waals surface area contributed by atoms with Crippen LogP contribution in [0.1, 0.15) is 0 Å². The summed E-state index contributed by atoms with van der Waals surface area (Å²) in [6, 6.07) is 15.4. The molecule has 0 aliphatic rings. The van der Waals surface area contributed by atoms with Gasteiger partial charge in [-0.05, 0) is 17.7 Å². The molecule has 4 rings (SSSR count). The predicted molar refractivity (Wildman–Crippen MR) is 81.1 cm³/mol. The summed E-state index contributed by atoms with van der Waals surface area (Å²) < 4.78 is 6.27. The van der Waals surface area contributed by atoms with Gasteiger partial charge in [0.15, 0.2) is 17.4 Å². The van der Waals surface area contributed by atoms with E-state index in [2.05, 4.69) is 4.98 Å². The van der Waals surface area contributed by atoms with Crippen molar-refractivity contribution in [2.75, 3.05) is 0 Å². The van der Waals surface area contributed by atoms with Gasteiger partial charge in [-0.3, -0.25) is 4.79 Å². The normalized spacial score (nSPS) is 11.2. The van der Waals surface area contributed by atoms with Crippen LogP contribution in [0.15, 0.2) is 64.1 Å². The lowest BCUT2D eigenvalue weighted by molar-refractivity contribution is 0.605. The van der Waals surface area contributed by atoms with Crippen molar-refractivity contribution in [1.82, 2.24) is 4.98 Å².